The molecule has 0 bridgehead atoms. The fraction of sp³-hybridized carbons (Fsp3) is 1.00. The van der Waals surface area contributed by atoms with Gasteiger partial charge in [-0.3, -0.25) is 4.90 Å². The van der Waals surface area contributed by atoms with Crippen LogP contribution >= 0.6 is 0 Å². The van der Waals surface area contributed by atoms with Gasteiger partial charge in [0.1, 0.15) is 0 Å². The summed E-state index contributed by atoms with van der Waals surface area (Å²) in [4.78, 5) is 1.78. The molecule has 0 amide bonds. The third kappa shape index (κ3) is 4.00. The summed E-state index contributed by atoms with van der Waals surface area (Å²) in [5.41, 5.74) is 0. The van der Waals surface area contributed by atoms with E-state index >= 15 is 0 Å². The first-order valence-corrected chi connectivity index (χ1v) is 4.54. The van der Waals surface area contributed by atoms with E-state index in [0.29, 0.717) is 6.54 Å². The fourth-order valence-corrected chi connectivity index (χ4v) is 1.07. The van der Waals surface area contributed by atoms with Gasteiger partial charge in [0.25, 0.3) is 5.92 Å². The molecule has 0 spiro atoms. The Hall–Kier alpha value is -0.180. The summed E-state index contributed by atoms with van der Waals surface area (Å²) in [5, 5.41) is 0. The van der Waals surface area contributed by atoms with Gasteiger partial charge in [0.2, 0.25) is 0 Å². The zero-order valence-corrected chi connectivity index (χ0v) is 8.40. The van der Waals surface area contributed by atoms with Gasteiger partial charge in [-0.2, -0.15) is 0 Å². The average molecular weight is 179 g/mol. The Balaban J connectivity index is 4.01. The Labute approximate surface area is 73.7 Å². The van der Waals surface area contributed by atoms with Crippen LogP contribution in [0.15, 0.2) is 0 Å². The van der Waals surface area contributed by atoms with E-state index < -0.39 is 5.92 Å². The van der Waals surface area contributed by atoms with E-state index in [2.05, 4.69) is 0 Å². The predicted molar refractivity (Wildman–Crippen MR) is 47.6 cm³/mol. The van der Waals surface area contributed by atoms with Crippen LogP contribution < -0.4 is 0 Å². The highest BCUT2D eigenvalue weighted by Crippen LogP contribution is 2.20. The Kier molecular flexibility index (Phi) is 4.68. The number of hydrogen-bond donors (Lipinski definition) is 0. The predicted octanol–water partition coefficient (Wildman–Crippen LogP) is 2.76. The molecular formula is C9H19F2N. The monoisotopic (exact) mass is 179 g/mol. The van der Waals surface area contributed by atoms with Crippen LogP contribution in [0, 0.1) is 0 Å². The molecule has 3 heteroatoms. The second kappa shape index (κ2) is 4.75. The molecule has 0 aliphatic heterocycles. The first kappa shape index (κ1) is 11.8. The third-order valence-corrected chi connectivity index (χ3v) is 2.09. The van der Waals surface area contributed by atoms with Crippen molar-refractivity contribution in [2.75, 3.05) is 13.1 Å². The van der Waals surface area contributed by atoms with Gasteiger partial charge in [-0.1, -0.05) is 13.8 Å². The van der Waals surface area contributed by atoms with E-state index in [1.54, 1.807) is 4.90 Å². The molecule has 0 radical (unpaired) electrons. The minimum atomic E-state index is -2.53. The lowest BCUT2D eigenvalue weighted by Crippen LogP contribution is -2.40. The van der Waals surface area contributed by atoms with Gasteiger partial charge < -0.3 is 0 Å². The minimum absolute atomic E-state index is 0.0732. The number of nitrogens with zero attached hydrogens (tertiary/aromatic N) is 1. The Morgan fingerprint density at radius 2 is 1.75 bits per heavy atom. The van der Waals surface area contributed by atoms with Crippen molar-refractivity contribution < 1.29 is 8.78 Å². The van der Waals surface area contributed by atoms with Crippen LogP contribution in [0.3, 0.4) is 0 Å². The molecule has 1 nitrogen and oxygen atoms in total. The van der Waals surface area contributed by atoms with Gasteiger partial charge in [0.15, 0.2) is 0 Å². The maximum absolute atomic E-state index is 12.9. The topological polar surface area (TPSA) is 3.24 Å². The van der Waals surface area contributed by atoms with Crippen LogP contribution in [0.25, 0.3) is 0 Å². The van der Waals surface area contributed by atoms with E-state index in [4.69, 9.17) is 0 Å². The van der Waals surface area contributed by atoms with Gasteiger partial charge in [-0.05, 0) is 20.4 Å². The standard InChI is InChI=1S/C9H19F2N/c1-5-9(10,11)7-12(6-2)8(3)4/h8H,5-7H2,1-4H3. The van der Waals surface area contributed by atoms with Gasteiger partial charge in [-0.25, -0.2) is 8.78 Å². The van der Waals surface area contributed by atoms with Crippen LogP contribution in [0.2, 0.25) is 0 Å². The maximum Gasteiger partial charge on any atom is 0.260 e. The van der Waals surface area contributed by atoms with E-state index in [1.807, 2.05) is 20.8 Å². The smallest absolute Gasteiger partial charge is 0.260 e. The van der Waals surface area contributed by atoms with Crippen molar-refractivity contribution in [2.24, 2.45) is 0 Å². The summed E-state index contributed by atoms with van der Waals surface area (Å²) in [6, 6.07) is 0.201. The summed E-state index contributed by atoms with van der Waals surface area (Å²) in [6.45, 7) is 7.88. The minimum Gasteiger partial charge on any atom is -0.295 e. The first-order valence-electron chi connectivity index (χ1n) is 4.54. The zero-order valence-electron chi connectivity index (χ0n) is 8.40. The molecule has 0 aromatic carbocycles. The van der Waals surface area contributed by atoms with Crippen LogP contribution in [0.4, 0.5) is 8.78 Å². The highest BCUT2D eigenvalue weighted by atomic mass is 19.3. The molecule has 0 rings (SSSR count). The molecule has 0 saturated heterocycles. The normalized spacial score (nSPS) is 13.0. The molecule has 0 N–H and O–H groups in total. The zero-order chi connectivity index (χ0) is 9.78. The highest BCUT2D eigenvalue weighted by Gasteiger charge is 2.29. The second-order valence-electron chi connectivity index (χ2n) is 3.37. The number of hydrogen-bond acceptors (Lipinski definition) is 1. The quantitative estimate of drug-likeness (QED) is 0.627. The van der Waals surface area contributed by atoms with E-state index in [-0.39, 0.29) is 19.0 Å². The second-order valence-corrected chi connectivity index (χ2v) is 3.37. The van der Waals surface area contributed by atoms with Gasteiger partial charge >= 0.3 is 0 Å². The lowest BCUT2D eigenvalue weighted by atomic mass is 10.2. The molecule has 0 aromatic rings. The number of rotatable bonds is 5. The summed E-state index contributed by atoms with van der Waals surface area (Å²) >= 11 is 0. The molecule has 0 aliphatic rings. The molecule has 0 fully saturated rings. The molecule has 74 valence electrons. The molecule has 0 aliphatic carbocycles. The maximum atomic E-state index is 12.9. The molecular weight excluding hydrogens is 160 g/mol. The van der Waals surface area contributed by atoms with E-state index in [9.17, 15) is 8.78 Å². The molecule has 0 heterocycles. The number of halogens is 2. The molecule has 0 atom stereocenters. The van der Waals surface area contributed by atoms with Crippen molar-refractivity contribution in [3.8, 4) is 0 Å². The summed E-state index contributed by atoms with van der Waals surface area (Å²) in [6.07, 6.45) is -0.0732. The van der Waals surface area contributed by atoms with Crippen LogP contribution in [0.1, 0.15) is 34.1 Å². The van der Waals surface area contributed by atoms with Crippen molar-refractivity contribution in [1.29, 1.82) is 0 Å². The van der Waals surface area contributed by atoms with Gasteiger partial charge in [-0.15, -0.1) is 0 Å². The van der Waals surface area contributed by atoms with Crippen LogP contribution in [0.5, 0.6) is 0 Å². The van der Waals surface area contributed by atoms with Crippen molar-refractivity contribution in [3.63, 3.8) is 0 Å². The Bertz CT molecular complexity index is 124. The summed E-state index contributed by atoms with van der Waals surface area (Å²) in [7, 11) is 0. The lowest BCUT2D eigenvalue weighted by Gasteiger charge is -2.28. The largest absolute Gasteiger partial charge is 0.295 e. The fourth-order valence-electron chi connectivity index (χ4n) is 1.07. The summed E-state index contributed by atoms with van der Waals surface area (Å²) in [5.74, 6) is -2.53. The van der Waals surface area contributed by atoms with Crippen molar-refractivity contribution >= 4 is 0 Å². The SMILES string of the molecule is CCN(CC(F)(F)CC)C(C)C. The van der Waals surface area contributed by atoms with E-state index in [0.717, 1.165) is 0 Å². The molecule has 12 heavy (non-hydrogen) atoms. The Morgan fingerprint density at radius 1 is 1.25 bits per heavy atom. The van der Waals surface area contributed by atoms with Gasteiger partial charge in [0, 0.05) is 12.5 Å². The van der Waals surface area contributed by atoms with Crippen molar-refractivity contribution in [2.45, 2.75) is 46.1 Å². The highest BCUT2D eigenvalue weighted by molar-refractivity contribution is 4.72. The molecule has 0 unspecified atom stereocenters. The molecule has 0 saturated carbocycles. The first-order chi connectivity index (χ1) is 5.43. The Morgan fingerprint density at radius 3 is 2.00 bits per heavy atom. The van der Waals surface area contributed by atoms with Crippen molar-refractivity contribution in [3.05, 3.63) is 0 Å². The van der Waals surface area contributed by atoms with Crippen LogP contribution in [-0.2, 0) is 0 Å². The third-order valence-electron chi connectivity index (χ3n) is 2.09. The summed E-state index contributed by atoms with van der Waals surface area (Å²) < 4.78 is 25.8. The van der Waals surface area contributed by atoms with Gasteiger partial charge in [0.05, 0.1) is 6.54 Å². The average Bonchev–Trinajstić information content (AvgIpc) is 2.00. The van der Waals surface area contributed by atoms with E-state index in [1.165, 1.54) is 6.92 Å². The van der Waals surface area contributed by atoms with Crippen LogP contribution in [-0.4, -0.2) is 30.0 Å². The number of alkyl halides is 2. The molecule has 0 aromatic heterocycles. The van der Waals surface area contributed by atoms with Crippen molar-refractivity contribution in [1.82, 2.24) is 4.90 Å². The lowest BCUT2D eigenvalue weighted by molar-refractivity contribution is -0.0408.